The Morgan fingerprint density at radius 3 is 2.00 bits per heavy atom. The molecule has 4 heteroatoms. The van der Waals surface area contributed by atoms with Gasteiger partial charge in [-0.05, 0) is 12.8 Å². The van der Waals surface area contributed by atoms with Gasteiger partial charge in [-0.2, -0.15) is 0 Å². The van der Waals surface area contributed by atoms with Crippen molar-refractivity contribution < 1.29 is 19.8 Å². The first-order chi connectivity index (χ1) is 6.00. The van der Waals surface area contributed by atoms with Crippen molar-refractivity contribution in [3.05, 3.63) is 0 Å². The molecule has 2 N–H and O–H groups in total. The summed E-state index contributed by atoms with van der Waals surface area (Å²) in [5, 5.41) is 17.8. The summed E-state index contributed by atoms with van der Waals surface area (Å²) in [5.41, 5.74) is -1.01. The summed E-state index contributed by atoms with van der Waals surface area (Å²) in [6.07, 6.45) is 2.64. The second-order valence-electron chi connectivity index (χ2n) is 3.73. The fourth-order valence-corrected chi connectivity index (χ4v) is 2.07. The van der Waals surface area contributed by atoms with Crippen LogP contribution in [0, 0.1) is 11.3 Å². The van der Waals surface area contributed by atoms with E-state index in [1.54, 1.807) is 0 Å². The lowest BCUT2D eigenvalue weighted by molar-refractivity contribution is -0.161. The first kappa shape index (κ1) is 10.0. The highest BCUT2D eigenvalue weighted by molar-refractivity contribution is 5.83. The van der Waals surface area contributed by atoms with E-state index in [1.807, 2.05) is 0 Å². The smallest absolute Gasteiger partial charge is 0.310 e. The van der Waals surface area contributed by atoms with Gasteiger partial charge in [0.1, 0.15) is 0 Å². The monoisotopic (exact) mass is 186 g/mol. The molecule has 0 aliphatic heterocycles. The van der Waals surface area contributed by atoms with E-state index >= 15 is 0 Å². The van der Waals surface area contributed by atoms with Gasteiger partial charge in [0.05, 0.1) is 11.3 Å². The second kappa shape index (κ2) is 3.36. The van der Waals surface area contributed by atoms with E-state index in [-0.39, 0.29) is 0 Å². The first-order valence-corrected chi connectivity index (χ1v) is 4.47. The zero-order valence-corrected chi connectivity index (χ0v) is 7.62. The number of hydrogen-bond donors (Lipinski definition) is 2. The van der Waals surface area contributed by atoms with Crippen molar-refractivity contribution in [2.45, 2.75) is 32.6 Å². The van der Waals surface area contributed by atoms with Crippen LogP contribution in [0.3, 0.4) is 0 Å². The highest BCUT2D eigenvalue weighted by Crippen LogP contribution is 2.44. The number of carboxylic acid groups (broad SMARTS) is 2. The number of carboxylic acids is 2. The maximum Gasteiger partial charge on any atom is 0.310 e. The van der Waals surface area contributed by atoms with Gasteiger partial charge in [-0.15, -0.1) is 0 Å². The topological polar surface area (TPSA) is 74.6 Å². The Kier molecular flexibility index (Phi) is 2.59. The lowest BCUT2D eigenvalue weighted by atomic mass is 9.75. The zero-order valence-electron chi connectivity index (χ0n) is 7.62. The molecule has 0 aromatic heterocycles. The Bertz CT molecular complexity index is 228. The predicted molar refractivity (Wildman–Crippen MR) is 45.3 cm³/mol. The normalized spacial score (nSPS) is 22.5. The van der Waals surface area contributed by atoms with Crippen molar-refractivity contribution in [1.82, 2.24) is 0 Å². The Morgan fingerprint density at radius 2 is 1.69 bits per heavy atom. The molecule has 0 amide bonds. The van der Waals surface area contributed by atoms with Crippen LogP contribution in [0.5, 0.6) is 0 Å². The summed E-state index contributed by atoms with van der Waals surface area (Å²) in [6, 6.07) is 0. The van der Waals surface area contributed by atoms with Crippen molar-refractivity contribution in [2.75, 3.05) is 0 Å². The van der Waals surface area contributed by atoms with Gasteiger partial charge in [0.15, 0.2) is 0 Å². The molecule has 0 saturated heterocycles. The van der Waals surface area contributed by atoms with Crippen molar-refractivity contribution in [3.8, 4) is 0 Å². The van der Waals surface area contributed by atoms with Crippen LogP contribution in [0.4, 0.5) is 0 Å². The van der Waals surface area contributed by atoms with Gasteiger partial charge in [0.25, 0.3) is 0 Å². The van der Waals surface area contributed by atoms with Crippen molar-refractivity contribution in [1.29, 1.82) is 0 Å². The predicted octanol–water partition coefficient (Wildman–Crippen LogP) is 1.35. The summed E-state index contributed by atoms with van der Waals surface area (Å²) in [6.45, 7) is 1.49. The van der Waals surface area contributed by atoms with Crippen LogP contribution in [0.1, 0.15) is 32.6 Å². The molecular weight excluding hydrogens is 172 g/mol. The molecule has 0 radical (unpaired) electrons. The molecule has 1 rings (SSSR count). The Labute approximate surface area is 76.6 Å². The number of carbonyl (C=O) groups is 2. The van der Waals surface area contributed by atoms with Crippen LogP contribution in [-0.4, -0.2) is 22.2 Å². The highest BCUT2D eigenvalue weighted by atomic mass is 16.4. The molecule has 0 spiro atoms. The minimum absolute atomic E-state index is 0.496. The lowest BCUT2D eigenvalue weighted by Gasteiger charge is -2.27. The maximum atomic E-state index is 11.0. The number of hydrogen-bond acceptors (Lipinski definition) is 2. The molecular formula is C9H14O4. The molecule has 1 unspecified atom stereocenters. The van der Waals surface area contributed by atoms with Crippen LogP contribution in [0.25, 0.3) is 0 Å². The van der Waals surface area contributed by atoms with Gasteiger partial charge < -0.3 is 10.2 Å². The minimum Gasteiger partial charge on any atom is -0.481 e. The number of aliphatic carboxylic acids is 2. The number of rotatable bonds is 3. The highest BCUT2D eigenvalue weighted by Gasteiger charge is 2.48. The largest absolute Gasteiger partial charge is 0.481 e. The third-order valence-electron chi connectivity index (χ3n) is 3.12. The zero-order chi connectivity index (χ0) is 10.1. The molecule has 1 atom stereocenters. The van der Waals surface area contributed by atoms with E-state index in [0.717, 1.165) is 12.8 Å². The molecule has 0 aromatic rings. The average molecular weight is 186 g/mol. The van der Waals surface area contributed by atoms with Crippen LogP contribution in [0.2, 0.25) is 0 Å². The molecule has 1 aliphatic rings. The third-order valence-corrected chi connectivity index (χ3v) is 3.12. The van der Waals surface area contributed by atoms with E-state index in [2.05, 4.69) is 0 Å². The average Bonchev–Trinajstić information content (AvgIpc) is 2.51. The Morgan fingerprint density at radius 1 is 1.23 bits per heavy atom. The molecule has 13 heavy (non-hydrogen) atoms. The quantitative estimate of drug-likeness (QED) is 0.697. The fourth-order valence-electron chi connectivity index (χ4n) is 2.07. The Balaban J connectivity index is 2.90. The third kappa shape index (κ3) is 1.53. The van der Waals surface area contributed by atoms with Crippen LogP contribution < -0.4 is 0 Å². The van der Waals surface area contributed by atoms with Gasteiger partial charge >= 0.3 is 11.9 Å². The van der Waals surface area contributed by atoms with E-state index in [9.17, 15) is 9.59 Å². The molecule has 1 fully saturated rings. The van der Waals surface area contributed by atoms with Crippen LogP contribution >= 0.6 is 0 Å². The van der Waals surface area contributed by atoms with E-state index in [4.69, 9.17) is 10.2 Å². The first-order valence-electron chi connectivity index (χ1n) is 4.47. The molecule has 4 nitrogen and oxygen atoms in total. The minimum atomic E-state index is -1.01. The van der Waals surface area contributed by atoms with Gasteiger partial charge in [-0.25, -0.2) is 0 Å². The van der Waals surface area contributed by atoms with E-state index in [0.29, 0.717) is 12.8 Å². The van der Waals surface area contributed by atoms with Crippen molar-refractivity contribution in [3.63, 3.8) is 0 Å². The summed E-state index contributed by atoms with van der Waals surface area (Å²) in [5.74, 6) is -2.75. The van der Waals surface area contributed by atoms with E-state index in [1.165, 1.54) is 6.92 Å². The fraction of sp³-hybridized carbons (Fsp3) is 0.778. The lowest BCUT2D eigenvalue weighted by Crippen LogP contribution is -2.38. The van der Waals surface area contributed by atoms with Crippen LogP contribution in [0.15, 0.2) is 0 Å². The maximum absolute atomic E-state index is 11.0. The molecule has 1 saturated carbocycles. The van der Waals surface area contributed by atoms with Gasteiger partial charge in [0.2, 0.25) is 0 Å². The molecule has 74 valence electrons. The summed E-state index contributed by atoms with van der Waals surface area (Å²) < 4.78 is 0. The summed E-state index contributed by atoms with van der Waals surface area (Å²) >= 11 is 0. The van der Waals surface area contributed by atoms with E-state index < -0.39 is 23.3 Å². The standard InChI is InChI=1S/C9H14O4/c1-6(7(10)11)9(8(12)13)4-2-3-5-9/h6H,2-5H2,1H3,(H,10,11)(H,12,13). The molecule has 0 bridgehead atoms. The molecule has 1 aliphatic carbocycles. The van der Waals surface area contributed by atoms with Gasteiger partial charge in [0, 0.05) is 0 Å². The summed E-state index contributed by atoms with van der Waals surface area (Å²) in [4.78, 5) is 21.7. The van der Waals surface area contributed by atoms with Crippen LogP contribution in [-0.2, 0) is 9.59 Å². The second-order valence-corrected chi connectivity index (χ2v) is 3.73. The van der Waals surface area contributed by atoms with Gasteiger partial charge in [-0.1, -0.05) is 19.8 Å². The molecule has 0 aromatic carbocycles. The van der Waals surface area contributed by atoms with Crippen molar-refractivity contribution in [2.24, 2.45) is 11.3 Å². The SMILES string of the molecule is CC(C(=O)O)C1(C(=O)O)CCCC1. The van der Waals surface area contributed by atoms with Crippen molar-refractivity contribution >= 4 is 11.9 Å². The van der Waals surface area contributed by atoms with Gasteiger partial charge in [-0.3, -0.25) is 9.59 Å². The Hall–Kier alpha value is -1.06. The summed E-state index contributed by atoms with van der Waals surface area (Å²) in [7, 11) is 0. The molecule has 0 heterocycles.